The number of nitrogens with zero attached hydrogens (tertiary/aromatic N) is 8. The van der Waals surface area contributed by atoms with Crippen LogP contribution in [-0.2, 0) is 9.59 Å². The van der Waals surface area contributed by atoms with E-state index in [4.69, 9.17) is 4.74 Å². The van der Waals surface area contributed by atoms with Crippen molar-refractivity contribution >= 4 is 51.9 Å². The lowest BCUT2D eigenvalue weighted by Crippen LogP contribution is -2.74. The topological polar surface area (TPSA) is 194 Å². The van der Waals surface area contributed by atoms with Crippen molar-refractivity contribution in [3.05, 3.63) is 83.2 Å². The van der Waals surface area contributed by atoms with Gasteiger partial charge in [-0.1, -0.05) is 27.7 Å². The van der Waals surface area contributed by atoms with Gasteiger partial charge in [-0.05, 0) is 92.7 Å². The number of hydrogen-bond donors (Lipinski definition) is 2. The second kappa shape index (κ2) is 16.3. The number of pyridine rings is 1. The van der Waals surface area contributed by atoms with E-state index >= 15 is 0 Å². The van der Waals surface area contributed by atoms with Crippen LogP contribution in [0.4, 0.5) is 11.5 Å². The molecule has 4 fully saturated rings. The molecule has 0 bridgehead atoms. The third kappa shape index (κ3) is 7.62. The number of piperidine rings is 2. The summed E-state index contributed by atoms with van der Waals surface area (Å²) in [5, 5.41) is 24.7. The third-order valence-electron chi connectivity index (χ3n) is 14.0. The Kier molecular flexibility index (Phi) is 10.9. The predicted molar refractivity (Wildman–Crippen MR) is 233 cm³/mol. The summed E-state index contributed by atoms with van der Waals surface area (Å²) in [7, 11) is 0. The Morgan fingerprint density at radius 2 is 1.62 bits per heavy atom. The van der Waals surface area contributed by atoms with Gasteiger partial charge in [0.1, 0.15) is 24.0 Å². The van der Waals surface area contributed by atoms with Crippen molar-refractivity contribution in [3.8, 4) is 11.8 Å². The Balaban J connectivity index is 0.721. The third-order valence-corrected chi connectivity index (χ3v) is 14.0. The molecule has 1 aliphatic carbocycles. The number of carbonyl (C=O) groups excluding carboxylic acids is 5. The summed E-state index contributed by atoms with van der Waals surface area (Å²) < 4.78 is 6.63. The highest BCUT2D eigenvalue weighted by Gasteiger charge is 2.64. The summed E-state index contributed by atoms with van der Waals surface area (Å²) in [5.74, 6) is -0.239. The first-order valence-electron chi connectivity index (χ1n) is 21.9. The van der Waals surface area contributed by atoms with Gasteiger partial charge in [-0.3, -0.25) is 44.1 Å². The second-order valence-corrected chi connectivity index (χ2v) is 18.7. The van der Waals surface area contributed by atoms with Crippen LogP contribution in [0.15, 0.2) is 60.8 Å². The second-order valence-electron chi connectivity index (χ2n) is 18.7. The van der Waals surface area contributed by atoms with Crippen molar-refractivity contribution in [2.45, 2.75) is 78.0 Å². The van der Waals surface area contributed by atoms with Crippen molar-refractivity contribution < 1.29 is 28.7 Å². The summed E-state index contributed by atoms with van der Waals surface area (Å²) in [6.45, 7) is 14.5. The average molecular weight is 853 g/mol. The van der Waals surface area contributed by atoms with Gasteiger partial charge >= 0.3 is 0 Å². The Morgan fingerprint density at radius 1 is 0.873 bits per heavy atom. The van der Waals surface area contributed by atoms with E-state index in [1.165, 1.54) is 0 Å². The number of imide groups is 2. The van der Waals surface area contributed by atoms with Crippen LogP contribution in [0.25, 0.3) is 10.9 Å². The minimum atomic E-state index is -0.978. The van der Waals surface area contributed by atoms with E-state index in [0.29, 0.717) is 33.9 Å². The number of ether oxygens (including phenoxy) is 1. The highest BCUT2D eigenvalue weighted by atomic mass is 16.5. The number of fused-ring (bicyclic) bond motifs is 2. The number of carbonyl (C=O) groups is 5. The Morgan fingerprint density at radius 3 is 2.32 bits per heavy atom. The molecule has 16 nitrogen and oxygen atoms in total. The molecule has 3 saturated heterocycles. The zero-order chi connectivity index (χ0) is 44.2. The highest BCUT2D eigenvalue weighted by Crippen LogP contribution is 2.56. The molecule has 0 radical (unpaired) electrons. The molecule has 6 heterocycles. The van der Waals surface area contributed by atoms with Gasteiger partial charge in [-0.25, -0.2) is 0 Å². The Labute approximate surface area is 365 Å². The fraction of sp³-hybridized carbons (Fsp3) is 0.468. The van der Waals surface area contributed by atoms with Gasteiger partial charge in [0, 0.05) is 79.8 Å². The minimum absolute atomic E-state index is 0.0880. The lowest BCUT2D eigenvalue weighted by molar-refractivity contribution is -0.163. The van der Waals surface area contributed by atoms with Gasteiger partial charge in [0.25, 0.3) is 17.7 Å². The molecule has 1 saturated carbocycles. The average Bonchev–Trinajstić information content (AvgIpc) is 3.54. The first-order chi connectivity index (χ1) is 30.2. The lowest BCUT2D eigenvalue weighted by Gasteiger charge is -2.63. The molecule has 9 rings (SSSR count). The van der Waals surface area contributed by atoms with Crippen LogP contribution in [0.2, 0.25) is 0 Å². The van der Waals surface area contributed by atoms with Crippen molar-refractivity contribution in [2.24, 2.45) is 16.7 Å². The van der Waals surface area contributed by atoms with Crippen LogP contribution >= 0.6 is 0 Å². The number of nitrogens with one attached hydrogen (secondary N) is 2. The van der Waals surface area contributed by atoms with E-state index < -0.39 is 40.5 Å². The fourth-order valence-corrected chi connectivity index (χ4v) is 10.8. The van der Waals surface area contributed by atoms with Gasteiger partial charge < -0.3 is 19.9 Å². The summed E-state index contributed by atoms with van der Waals surface area (Å²) in [6, 6.07) is 17.3. The van der Waals surface area contributed by atoms with Crippen LogP contribution in [0.3, 0.4) is 0 Å². The number of rotatable bonds is 10. The first kappa shape index (κ1) is 41.9. The number of piperazine rings is 1. The summed E-state index contributed by atoms with van der Waals surface area (Å²) in [4.78, 5) is 76.5. The summed E-state index contributed by atoms with van der Waals surface area (Å²) >= 11 is 0. The fourth-order valence-electron chi connectivity index (χ4n) is 10.8. The van der Waals surface area contributed by atoms with Crippen LogP contribution in [0.1, 0.15) is 96.6 Å². The Hall–Kier alpha value is -6.47. The number of anilines is 2. The van der Waals surface area contributed by atoms with Crippen molar-refractivity contribution in [3.63, 3.8) is 0 Å². The number of aromatic nitrogens is 3. The van der Waals surface area contributed by atoms with Crippen LogP contribution in [0, 0.1) is 28.1 Å². The zero-order valence-corrected chi connectivity index (χ0v) is 36.1. The lowest BCUT2D eigenvalue weighted by atomic mass is 9.49. The highest BCUT2D eigenvalue weighted by molar-refractivity contribution is 6.23. The standard InChI is InChI=1S/C47H52N10O6/c1-46(2)44(47(3,4)45(46)63-36-12-7-29(27-48)39-32(36)6-5-18-49-39)51-40(59)34-10-13-37(53-52-34)56-20-16-28(17-21-56)15-19-54-22-24-55(25-23-54)30-8-9-31-33(26-30)43(62)57(42(31)61)35-11-14-38(58)50-41(35)60/h5-10,12-13,18,26,28,35,44-45H,11,14-17,19-25H2,1-4H3,(H,51,59)(H,50,58,60)/t35?,44-,45-. The SMILES string of the molecule is CC1(C)[C@H](NC(=O)c2ccc(N3CCC(CCN4CCN(c5ccc6c(c5)C(=O)N(C5CCC(=O)NC5=O)C6=O)CC4)CC3)nn2)C(C)(C)[C@H]1Oc1ccc(C#N)c2ncccc12. The predicted octanol–water partition coefficient (Wildman–Crippen LogP) is 4.34. The van der Waals surface area contributed by atoms with E-state index in [1.807, 2.05) is 30.3 Å². The quantitative estimate of drug-likeness (QED) is 0.214. The van der Waals surface area contributed by atoms with Gasteiger partial charge in [0.2, 0.25) is 11.8 Å². The van der Waals surface area contributed by atoms with Gasteiger partial charge in [0.15, 0.2) is 11.5 Å². The Bertz CT molecular complexity index is 2520. The number of amides is 5. The normalized spacial score (nSPS) is 23.5. The molecule has 2 N–H and O–H groups in total. The molecule has 2 aromatic heterocycles. The van der Waals surface area contributed by atoms with Crippen molar-refractivity contribution in [2.75, 3.05) is 55.6 Å². The van der Waals surface area contributed by atoms with E-state index in [1.54, 1.807) is 30.5 Å². The number of nitriles is 1. The molecule has 4 aromatic rings. The maximum atomic E-state index is 13.5. The van der Waals surface area contributed by atoms with E-state index in [9.17, 15) is 29.2 Å². The molecular formula is C47H52N10O6. The maximum Gasteiger partial charge on any atom is 0.272 e. The molecule has 4 aliphatic heterocycles. The van der Waals surface area contributed by atoms with E-state index in [-0.39, 0.29) is 36.6 Å². The van der Waals surface area contributed by atoms with Gasteiger partial charge in [-0.15, -0.1) is 10.2 Å². The molecule has 326 valence electrons. The zero-order valence-electron chi connectivity index (χ0n) is 36.1. The molecule has 2 aromatic carbocycles. The van der Waals surface area contributed by atoms with Gasteiger partial charge in [-0.2, -0.15) is 5.26 Å². The monoisotopic (exact) mass is 852 g/mol. The van der Waals surface area contributed by atoms with Crippen LogP contribution in [0.5, 0.6) is 5.75 Å². The number of benzene rings is 2. The molecule has 1 atom stereocenters. The molecule has 1 unspecified atom stereocenters. The van der Waals surface area contributed by atoms with E-state index in [0.717, 1.165) is 86.9 Å². The number of hydrogen-bond acceptors (Lipinski definition) is 13. The van der Waals surface area contributed by atoms with Crippen molar-refractivity contribution in [1.29, 1.82) is 5.26 Å². The van der Waals surface area contributed by atoms with Crippen molar-refractivity contribution in [1.82, 2.24) is 35.6 Å². The molecule has 5 amide bonds. The van der Waals surface area contributed by atoms with Gasteiger partial charge in [0.05, 0.1) is 22.2 Å². The van der Waals surface area contributed by atoms with E-state index in [2.05, 4.69) is 74.3 Å². The molecule has 5 aliphatic rings. The molecule has 63 heavy (non-hydrogen) atoms. The molecule has 16 heteroatoms. The summed E-state index contributed by atoms with van der Waals surface area (Å²) in [5.41, 5.74) is 2.02. The first-order valence-corrected chi connectivity index (χ1v) is 21.9. The molecule has 0 spiro atoms. The summed E-state index contributed by atoms with van der Waals surface area (Å²) in [6.07, 6.45) is 4.87. The van der Waals surface area contributed by atoms with Crippen LogP contribution < -0.4 is 25.2 Å². The minimum Gasteiger partial charge on any atom is -0.488 e. The maximum absolute atomic E-state index is 13.5. The molecular weight excluding hydrogens is 801 g/mol. The van der Waals surface area contributed by atoms with Crippen LogP contribution in [-0.4, -0.2) is 119 Å². The smallest absolute Gasteiger partial charge is 0.272 e. The largest absolute Gasteiger partial charge is 0.488 e.